The van der Waals surface area contributed by atoms with Crippen molar-refractivity contribution in [3.63, 3.8) is 0 Å². The minimum absolute atomic E-state index is 0.0365. The molecule has 0 radical (unpaired) electrons. The number of methoxy groups -OCH3 is 1. The van der Waals surface area contributed by atoms with Crippen LogP contribution in [0.1, 0.15) is 31.0 Å². The molecule has 1 saturated heterocycles. The Morgan fingerprint density at radius 3 is 2.32 bits per heavy atom. The fourth-order valence-electron chi connectivity index (χ4n) is 3.80. The monoisotopic (exact) mass is 381 g/mol. The summed E-state index contributed by atoms with van der Waals surface area (Å²) in [6, 6.07) is 18.2. The Morgan fingerprint density at radius 2 is 1.64 bits per heavy atom. The van der Waals surface area contributed by atoms with E-state index in [-0.39, 0.29) is 18.0 Å². The highest BCUT2D eigenvalue weighted by molar-refractivity contribution is 5.81. The van der Waals surface area contributed by atoms with Gasteiger partial charge in [0.25, 0.3) is 0 Å². The van der Waals surface area contributed by atoms with Crippen molar-refractivity contribution in [3.8, 4) is 5.75 Å². The van der Waals surface area contributed by atoms with Crippen LogP contribution in [0, 0.1) is 0 Å². The minimum Gasteiger partial charge on any atom is -0.496 e. The van der Waals surface area contributed by atoms with Crippen LogP contribution in [0.4, 0.5) is 0 Å². The Kier molecular flexibility index (Phi) is 7.06. The Morgan fingerprint density at radius 1 is 1.00 bits per heavy atom. The third-order valence-corrected chi connectivity index (χ3v) is 5.41. The first kappa shape index (κ1) is 20.4. The molecule has 2 aromatic carbocycles. The Balaban J connectivity index is 1.50. The minimum atomic E-state index is -0.236. The predicted octanol–water partition coefficient (Wildman–Crippen LogP) is 3.08. The zero-order chi connectivity index (χ0) is 19.9. The van der Waals surface area contributed by atoms with Gasteiger partial charge in [-0.3, -0.25) is 15.0 Å². The number of carbonyl (C=O) groups is 1. The maximum absolute atomic E-state index is 12.9. The lowest BCUT2D eigenvalue weighted by atomic mass is 10.1. The van der Waals surface area contributed by atoms with Crippen molar-refractivity contribution < 1.29 is 9.53 Å². The molecule has 3 rings (SSSR count). The van der Waals surface area contributed by atoms with E-state index in [4.69, 9.17) is 4.74 Å². The van der Waals surface area contributed by atoms with Gasteiger partial charge in [-0.25, -0.2) is 0 Å². The number of hydrogen-bond donors (Lipinski definition) is 1. The van der Waals surface area contributed by atoms with Gasteiger partial charge in [0.1, 0.15) is 5.75 Å². The first-order valence-electron chi connectivity index (χ1n) is 10.0. The van der Waals surface area contributed by atoms with Gasteiger partial charge < -0.3 is 9.64 Å². The number of ether oxygens (including phenoxy) is 1. The van der Waals surface area contributed by atoms with Gasteiger partial charge in [0.2, 0.25) is 5.91 Å². The second-order valence-corrected chi connectivity index (χ2v) is 7.44. The molecule has 1 fully saturated rings. The van der Waals surface area contributed by atoms with E-state index in [1.54, 1.807) is 7.11 Å². The zero-order valence-electron chi connectivity index (χ0n) is 17.1. The topological polar surface area (TPSA) is 44.8 Å². The van der Waals surface area contributed by atoms with Crippen molar-refractivity contribution in [2.45, 2.75) is 32.5 Å². The van der Waals surface area contributed by atoms with Crippen molar-refractivity contribution in [3.05, 3.63) is 65.7 Å². The fourth-order valence-corrected chi connectivity index (χ4v) is 3.80. The summed E-state index contributed by atoms with van der Waals surface area (Å²) in [6.07, 6.45) is 0. The number of piperazine rings is 1. The molecule has 1 heterocycles. The number of hydrogen-bond acceptors (Lipinski definition) is 4. The normalized spacial score (nSPS) is 17.2. The lowest BCUT2D eigenvalue weighted by Crippen LogP contribution is -2.53. The number of para-hydroxylation sites is 1. The molecular weight excluding hydrogens is 350 g/mol. The van der Waals surface area contributed by atoms with Crippen LogP contribution in [0.3, 0.4) is 0 Å². The molecule has 2 atom stereocenters. The molecule has 1 amide bonds. The standard InChI is InChI=1S/C23H31N3O2/c1-18(21-11-7-8-12-22(21)28-3)24-19(2)23(27)26-15-13-25(14-16-26)17-20-9-5-4-6-10-20/h4-12,18-19,24H,13-17H2,1-3H3/t18-,19+/m0/s1. The van der Waals surface area contributed by atoms with Crippen LogP contribution in [0.15, 0.2) is 54.6 Å². The lowest BCUT2D eigenvalue weighted by molar-refractivity contribution is -0.135. The summed E-state index contributed by atoms with van der Waals surface area (Å²) in [6.45, 7) is 8.35. The van der Waals surface area contributed by atoms with E-state index >= 15 is 0 Å². The first-order valence-corrected chi connectivity index (χ1v) is 10.0. The summed E-state index contributed by atoms with van der Waals surface area (Å²) in [5.41, 5.74) is 2.39. The van der Waals surface area contributed by atoms with Gasteiger partial charge >= 0.3 is 0 Å². The molecule has 150 valence electrons. The van der Waals surface area contributed by atoms with Crippen LogP contribution in [0.5, 0.6) is 5.75 Å². The summed E-state index contributed by atoms with van der Waals surface area (Å²) in [5.74, 6) is 1.01. The molecular formula is C23H31N3O2. The van der Waals surface area contributed by atoms with Crippen LogP contribution >= 0.6 is 0 Å². The highest BCUT2D eigenvalue weighted by atomic mass is 16.5. The SMILES string of the molecule is COc1ccccc1[C@H](C)N[C@H](C)C(=O)N1CCN(Cc2ccccc2)CC1. The summed E-state index contributed by atoms with van der Waals surface area (Å²) in [5, 5.41) is 3.43. The van der Waals surface area contributed by atoms with Gasteiger partial charge in [-0.2, -0.15) is 0 Å². The molecule has 28 heavy (non-hydrogen) atoms. The second-order valence-electron chi connectivity index (χ2n) is 7.44. The van der Waals surface area contributed by atoms with E-state index in [0.717, 1.165) is 44.0 Å². The van der Waals surface area contributed by atoms with Crippen molar-refractivity contribution >= 4 is 5.91 Å². The lowest BCUT2D eigenvalue weighted by Gasteiger charge is -2.36. The molecule has 0 aliphatic carbocycles. The molecule has 5 heteroatoms. The quantitative estimate of drug-likeness (QED) is 0.801. The van der Waals surface area contributed by atoms with E-state index in [0.29, 0.717) is 0 Å². The molecule has 2 aromatic rings. The number of nitrogens with one attached hydrogen (secondary N) is 1. The molecule has 0 saturated carbocycles. The van der Waals surface area contributed by atoms with Crippen molar-refractivity contribution in [1.82, 2.24) is 15.1 Å². The molecule has 0 bridgehead atoms. The molecule has 5 nitrogen and oxygen atoms in total. The highest BCUT2D eigenvalue weighted by Gasteiger charge is 2.26. The third kappa shape index (κ3) is 5.12. The van der Waals surface area contributed by atoms with Crippen molar-refractivity contribution in [1.29, 1.82) is 0 Å². The summed E-state index contributed by atoms with van der Waals surface area (Å²) in [7, 11) is 1.68. The van der Waals surface area contributed by atoms with Crippen LogP contribution in [-0.4, -0.2) is 55.0 Å². The number of amides is 1. The van der Waals surface area contributed by atoms with Crippen molar-refractivity contribution in [2.75, 3.05) is 33.3 Å². The Bertz CT molecular complexity index is 757. The number of rotatable bonds is 7. The maximum Gasteiger partial charge on any atom is 0.239 e. The van der Waals surface area contributed by atoms with Gasteiger partial charge in [-0.05, 0) is 25.5 Å². The van der Waals surface area contributed by atoms with E-state index in [2.05, 4.69) is 41.4 Å². The van der Waals surface area contributed by atoms with Gasteiger partial charge in [-0.1, -0.05) is 48.5 Å². The maximum atomic E-state index is 12.9. The molecule has 1 aliphatic heterocycles. The zero-order valence-corrected chi connectivity index (χ0v) is 17.1. The van der Waals surface area contributed by atoms with Crippen molar-refractivity contribution in [2.24, 2.45) is 0 Å². The number of carbonyl (C=O) groups excluding carboxylic acids is 1. The summed E-state index contributed by atoms with van der Waals surface area (Å²) in [4.78, 5) is 17.3. The molecule has 1 N–H and O–H groups in total. The number of benzene rings is 2. The van der Waals surface area contributed by atoms with Gasteiger partial charge in [0, 0.05) is 44.3 Å². The van der Waals surface area contributed by atoms with Crippen LogP contribution in [-0.2, 0) is 11.3 Å². The molecule has 0 unspecified atom stereocenters. The van der Waals surface area contributed by atoms with E-state index in [1.807, 2.05) is 42.2 Å². The van der Waals surface area contributed by atoms with Crippen LogP contribution < -0.4 is 10.1 Å². The van der Waals surface area contributed by atoms with E-state index in [1.165, 1.54) is 5.56 Å². The Hall–Kier alpha value is -2.37. The average molecular weight is 382 g/mol. The van der Waals surface area contributed by atoms with E-state index < -0.39 is 0 Å². The fraction of sp³-hybridized carbons (Fsp3) is 0.435. The van der Waals surface area contributed by atoms with Gasteiger partial charge in [0.15, 0.2) is 0 Å². The summed E-state index contributed by atoms with van der Waals surface area (Å²) >= 11 is 0. The summed E-state index contributed by atoms with van der Waals surface area (Å²) < 4.78 is 5.44. The number of nitrogens with zero attached hydrogens (tertiary/aromatic N) is 2. The molecule has 0 aromatic heterocycles. The van der Waals surface area contributed by atoms with E-state index in [9.17, 15) is 4.79 Å². The third-order valence-electron chi connectivity index (χ3n) is 5.41. The first-order chi connectivity index (χ1) is 13.6. The Labute approximate surface area is 168 Å². The van der Waals surface area contributed by atoms with Gasteiger partial charge in [-0.15, -0.1) is 0 Å². The molecule has 1 aliphatic rings. The van der Waals surface area contributed by atoms with Crippen LogP contribution in [0.2, 0.25) is 0 Å². The van der Waals surface area contributed by atoms with Crippen LogP contribution in [0.25, 0.3) is 0 Å². The smallest absolute Gasteiger partial charge is 0.239 e. The highest BCUT2D eigenvalue weighted by Crippen LogP contribution is 2.24. The average Bonchev–Trinajstić information content (AvgIpc) is 2.74. The molecule has 0 spiro atoms. The van der Waals surface area contributed by atoms with Gasteiger partial charge in [0.05, 0.1) is 13.2 Å². The second kappa shape index (κ2) is 9.71. The largest absolute Gasteiger partial charge is 0.496 e. The predicted molar refractivity (Wildman–Crippen MR) is 112 cm³/mol.